The highest BCUT2D eigenvalue weighted by molar-refractivity contribution is 9.10. The van der Waals surface area contributed by atoms with Gasteiger partial charge in [0, 0.05) is 4.47 Å². The molecule has 0 bridgehead atoms. The van der Waals surface area contributed by atoms with E-state index in [1.165, 1.54) is 37.3 Å². The summed E-state index contributed by atoms with van der Waals surface area (Å²) in [5.74, 6) is -0.422. The Hall–Kier alpha value is -1.07. The molecule has 0 saturated heterocycles. The number of alkyl halides is 4. The van der Waals surface area contributed by atoms with Gasteiger partial charge in [0.25, 0.3) is 0 Å². The molecule has 21 heavy (non-hydrogen) atoms. The molecule has 0 aliphatic rings. The first-order valence-corrected chi connectivity index (χ1v) is 7.20. The van der Waals surface area contributed by atoms with Gasteiger partial charge in [-0.2, -0.15) is 13.2 Å². The number of hydrogen-bond acceptors (Lipinski definition) is 0. The summed E-state index contributed by atoms with van der Waals surface area (Å²) in [5.41, 5.74) is -0.107. The molecule has 112 valence electrons. The van der Waals surface area contributed by atoms with Crippen LogP contribution in [0.3, 0.4) is 0 Å². The maximum atomic E-state index is 13.3. The highest BCUT2D eigenvalue weighted by atomic mass is 79.9. The third-order valence-electron chi connectivity index (χ3n) is 3.07. The molecular formula is C15H10BrClF4. The molecule has 0 aliphatic heterocycles. The molecule has 0 amide bonds. The summed E-state index contributed by atoms with van der Waals surface area (Å²) >= 11 is 9.20. The van der Waals surface area contributed by atoms with E-state index < -0.39 is 22.9 Å². The number of benzene rings is 2. The molecule has 0 nitrogen and oxygen atoms in total. The van der Waals surface area contributed by atoms with Crippen LogP contribution in [0.4, 0.5) is 17.6 Å². The maximum absolute atomic E-state index is 13.3. The maximum Gasteiger partial charge on any atom is 0.416 e. The molecular weight excluding hydrogens is 372 g/mol. The molecule has 0 aromatic heterocycles. The average Bonchev–Trinajstić information content (AvgIpc) is 2.40. The number of aryl methyl sites for hydroxylation is 1. The first-order chi connectivity index (χ1) is 9.70. The largest absolute Gasteiger partial charge is 0.416 e. The zero-order valence-corrected chi connectivity index (χ0v) is 13.2. The smallest absolute Gasteiger partial charge is 0.207 e. The minimum Gasteiger partial charge on any atom is -0.207 e. The predicted molar refractivity (Wildman–Crippen MR) is 78.0 cm³/mol. The number of halogens is 6. The van der Waals surface area contributed by atoms with Gasteiger partial charge < -0.3 is 0 Å². The zero-order valence-electron chi connectivity index (χ0n) is 10.8. The van der Waals surface area contributed by atoms with Gasteiger partial charge in [-0.1, -0.05) is 34.1 Å². The van der Waals surface area contributed by atoms with Crippen LogP contribution in [0.2, 0.25) is 0 Å². The second kappa shape index (κ2) is 5.97. The van der Waals surface area contributed by atoms with Crippen LogP contribution in [0.5, 0.6) is 0 Å². The van der Waals surface area contributed by atoms with E-state index in [0.29, 0.717) is 15.6 Å². The Morgan fingerprint density at radius 3 is 2.33 bits per heavy atom. The molecule has 0 N–H and O–H groups in total. The van der Waals surface area contributed by atoms with Crippen molar-refractivity contribution < 1.29 is 17.6 Å². The Balaban J connectivity index is 2.52. The summed E-state index contributed by atoms with van der Waals surface area (Å²) in [6.45, 7) is 1.54. The molecule has 0 fully saturated rings. The van der Waals surface area contributed by atoms with Gasteiger partial charge >= 0.3 is 6.18 Å². The second-order valence-electron chi connectivity index (χ2n) is 4.60. The van der Waals surface area contributed by atoms with E-state index >= 15 is 0 Å². The topological polar surface area (TPSA) is 0 Å². The molecule has 0 aliphatic carbocycles. The van der Waals surface area contributed by atoms with E-state index in [1.807, 2.05) is 0 Å². The monoisotopic (exact) mass is 380 g/mol. The van der Waals surface area contributed by atoms with Gasteiger partial charge in [-0.15, -0.1) is 11.6 Å². The quantitative estimate of drug-likeness (QED) is 0.426. The van der Waals surface area contributed by atoms with Gasteiger partial charge in [0.2, 0.25) is 0 Å². The van der Waals surface area contributed by atoms with Gasteiger partial charge in [0.05, 0.1) is 10.9 Å². The highest BCUT2D eigenvalue weighted by Crippen LogP contribution is 2.40. The fourth-order valence-corrected chi connectivity index (χ4v) is 2.69. The Morgan fingerprint density at radius 2 is 1.76 bits per heavy atom. The third kappa shape index (κ3) is 3.58. The second-order valence-corrected chi connectivity index (χ2v) is 5.95. The molecule has 2 aromatic rings. The van der Waals surface area contributed by atoms with Crippen molar-refractivity contribution in [3.63, 3.8) is 0 Å². The molecule has 0 spiro atoms. The average molecular weight is 382 g/mol. The van der Waals surface area contributed by atoms with E-state index in [4.69, 9.17) is 11.6 Å². The lowest BCUT2D eigenvalue weighted by molar-refractivity contribution is -0.138. The van der Waals surface area contributed by atoms with Crippen LogP contribution in [0.1, 0.15) is 27.6 Å². The molecule has 0 heterocycles. The van der Waals surface area contributed by atoms with Crippen molar-refractivity contribution in [2.45, 2.75) is 18.5 Å². The molecule has 0 radical (unpaired) electrons. The minimum atomic E-state index is -4.51. The van der Waals surface area contributed by atoms with Crippen molar-refractivity contribution >= 4 is 27.5 Å². The van der Waals surface area contributed by atoms with Gasteiger partial charge in [0.15, 0.2) is 0 Å². The van der Waals surface area contributed by atoms with Crippen molar-refractivity contribution in [2.24, 2.45) is 0 Å². The van der Waals surface area contributed by atoms with Crippen molar-refractivity contribution in [1.29, 1.82) is 0 Å². The Bertz CT molecular complexity index is 667. The Labute approximate surface area is 132 Å². The van der Waals surface area contributed by atoms with Crippen molar-refractivity contribution in [3.05, 3.63) is 68.9 Å². The van der Waals surface area contributed by atoms with Gasteiger partial charge in [0.1, 0.15) is 5.82 Å². The molecule has 2 aromatic carbocycles. The summed E-state index contributed by atoms with van der Waals surface area (Å²) in [6.07, 6.45) is -4.51. The lowest BCUT2D eigenvalue weighted by Crippen LogP contribution is -2.11. The van der Waals surface area contributed by atoms with Crippen molar-refractivity contribution in [3.8, 4) is 0 Å². The fourth-order valence-electron chi connectivity index (χ4n) is 2.00. The summed E-state index contributed by atoms with van der Waals surface area (Å²) in [4.78, 5) is 0. The minimum absolute atomic E-state index is 0.0571. The lowest BCUT2D eigenvalue weighted by Gasteiger charge is -2.18. The van der Waals surface area contributed by atoms with Crippen LogP contribution in [-0.4, -0.2) is 0 Å². The van der Waals surface area contributed by atoms with Crippen LogP contribution in [0.15, 0.2) is 40.9 Å². The van der Waals surface area contributed by atoms with Crippen LogP contribution in [-0.2, 0) is 6.18 Å². The van der Waals surface area contributed by atoms with Crippen LogP contribution in [0.25, 0.3) is 0 Å². The fraction of sp³-hybridized carbons (Fsp3) is 0.200. The summed E-state index contributed by atoms with van der Waals surface area (Å²) in [5, 5.41) is -1.01. The predicted octanol–water partition coefficient (Wildman–Crippen LogP) is 6.24. The first kappa shape index (κ1) is 16.3. The number of rotatable bonds is 2. The van der Waals surface area contributed by atoms with Crippen molar-refractivity contribution in [1.82, 2.24) is 0 Å². The Morgan fingerprint density at radius 1 is 1.10 bits per heavy atom. The van der Waals surface area contributed by atoms with E-state index in [9.17, 15) is 17.6 Å². The molecule has 1 atom stereocenters. The van der Waals surface area contributed by atoms with Gasteiger partial charge in [-0.3, -0.25) is 0 Å². The van der Waals surface area contributed by atoms with Crippen LogP contribution < -0.4 is 0 Å². The Kier molecular flexibility index (Phi) is 4.63. The van der Waals surface area contributed by atoms with E-state index in [-0.39, 0.29) is 5.56 Å². The van der Waals surface area contributed by atoms with Crippen molar-refractivity contribution in [2.75, 3.05) is 0 Å². The van der Waals surface area contributed by atoms with E-state index in [0.717, 1.165) is 6.07 Å². The SMILES string of the molecule is Cc1cc(C(Cl)c2ccc(Br)cc2C(F)(F)F)ccc1F. The number of hydrogen-bond donors (Lipinski definition) is 0. The molecule has 6 heteroatoms. The first-order valence-electron chi connectivity index (χ1n) is 5.97. The van der Waals surface area contributed by atoms with Gasteiger partial charge in [-0.25, -0.2) is 4.39 Å². The van der Waals surface area contributed by atoms with Gasteiger partial charge in [-0.05, 0) is 41.8 Å². The summed E-state index contributed by atoms with van der Waals surface area (Å²) in [7, 11) is 0. The van der Waals surface area contributed by atoms with Crippen LogP contribution >= 0.6 is 27.5 Å². The normalized spacial score (nSPS) is 13.3. The molecule has 0 saturated carbocycles. The highest BCUT2D eigenvalue weighted by Gasteiger charge is 2.35. The van der Waals surface area contributed by atoms with E-state index in [1.54, 1.807) is 0 Å². The van der Waals surface area contributed by atoms with Crippen LogP contribution in [0, 0.1) is 12.7 Å². The molecule has 1 unspecified atom stereocenters. The van der Waals surface area contributed by atoms with E-state index in [2.05, 4.69) is 15.9 Å². The third-order valence-corrected chi connectivity index (χ3v) is 4.05. The standard InChI is InChI=1S/C15H10BrClF4/c1-8-6-9(2-5-13(8)18)14(17)11-4-3-10(16)7-12(11)15(19,20)21/h2-7,14H,1H3. The summed E-state index contributed by atoms with van der Waals surface area (Å²) in [6, 6.07) is 7.85. The zero-order chi connectivity index (χ0) is 15.8. The lowest BCUT2D eigenvalue weighted by atomic mass is 9.98. The summed E-state index contributed by atoms with van der Waals surface area (Å²) < 4.78 is 52.9. The molecule has 2 rings (SSSR count).